The van der Waals surface area contributed by atoms with Crippen LogP contribution in [0.1, 0.15) is 194 Å². The minimum absolute atomic E-state index is 0.0263. The Morgan fingerprint density at radius 1 is 0.585 bits per heavy atom. The Hall–Kier alpha value is -1.02. The lowest BCUT2D eigenvalue weighted by Crippen LogP contribution is -2.37. The maximum atomic E-state index is 12.7. The molecule has 0 N–H and O–H groups in total. The maximum absolute atomic E-state index is 12.7. The van der Waals surface area contributed by atoms with Crippen LogP contribution in [0.5, 0.6) is 0 Å². The number of likely N-dealkylation sites (N-methyl/N-ethyl adjacent to an activating group) is 1. The van der Waals surface area contributed by atoms with E-state index < -0.39 is 13.9 Å². The molecule has 0 heterocycles. The average molecular weight is 772 g/mol. The molecule has 0 aliphatic carbocycles. The summed E-state index contributed by atoms with van der Waals surface area (Å²) in [6, 6.07) is 0. The fourth-order valence-corrected chi connectivity index (χ4v) is 6.78. The van der Waals surface area contributed by atoms with Crippen LogP contribution in [0.4, 0.5) is 0 Å². The predicted molar refractivity (Wildman–Crippen MR) is 222 cm³/mol. The summed E-state index contributed by atoms with van der Waals surface area (Å²) in [5.74, 6) is -0.340. The van der Waals surface area contributed by atoms with Crippen LogP contribution in [0.3, 0.4) is 0 Å². The van der Waals surface area contributed by atoms with Gasteiger partial charge in [-0.05, 0) is 44.9 Å². The second kappa shape index (κ2) is 37.9. The van der Waals surface area contributed by atoms with Crippen molar-refractivity contribution in [2.45, 2.75) is 200 Å². The van der Waals surface area contributed by atoms with Gasteiger partial charge in [-0.15, -0.1) is 0 Å². The van der Waals surface area contributed by atoms with Crippen molar-refractivity contribution in [1.29, 1.82) is 0 Å². The van der Waals surface area contributed by atoms with Crippen LogP contribution in [0.15, 0.2) is 24.3 Å². The van der Waals surface area contributed by atoms with E-state index in [9.17, 15) is 14.3 Å². The molecule has 0 aromatic rings. The maximum Gasteiger partial charge on any atom is 0.306 e. The molecule has 2 unspecified atom stereocenters. The lowest BCUT2D eigenvalue weighted by molar-refractivity contribution is -0.870. The molecule has 0 saturated heterocycles. The van der Waals surface area contributed by atoms with Gasteiger partial charge in [0.15, 0.2) is 0 Å². The molecule has 9 heteroatoms. The van der Waals surface area contributed by atoms with Crippen LogP contribution < -0.4 is 4.89 Å². The van der Waals surface area contributed by atoms with E-state index in [-0.39, 0.29) is 25.8 Å². The smallest absolute Gasteiger partial charge is 0.306 e. The number of allylic oxidation sites excluding steroid dienone is 4. The third-order valence-electron chi connectivity index (χ3n) is 9.51. The number of hydrogen-bond donors (Lipinski definition) is 0. The highest BCUT2D eigenvalue weighted by atomic mass is 31.2. The van der Waals surface area contributed by atoms with Crippen molar-refractivity contribution in [3.05, 3.63) is 24.3 Å². The minimum atomic E-state index is -4.52. The van der Waals surface area contributed by atoms with Crippen molar-refractivity contribution in [1.82, 2.24) is 0 Å². The first-order valence-electron chi connectivity index (χ1n) is 22.1. The van der Waals surface area contributed by atoms with Gasteiger partial charge in [0.05, 0.1) is 34.4 Å². The van der Waals surface area contributed by atoms with Crippen molar-refractivity contribution in [2.75, 3.05) is 54.1 Å². The zero-order chi connectivity index (χ0) is 39.1. The average Bonchev–Trinajstić information content (AvgIpc) is 3.11. The monoisotopic (exact) mass is 772 g/mol. The number of hydrogen-bond acceptors (Lipinski definition) is 7. The SMILES string of the molecule is CCCCC/C=C\C/C=C\CCCCCCCCCC(=O)OC(COCCCCCCCCCCCCCCCC)COP(=O)([O-])OCC[N+](C)(C)C. The highest BCUT2D eigenvalue weighted by Crippen LogP contribution is 2.38. The second-order valence-corrected chi connectivity index (χ2v) is 17.5. The lowest BCUT2D eigenvalue weighted by atomic mass is 10.0. The molecular weight excluding hydrogens is 685 g/mol. The van der Waals surface area contributed by atoms with E-state index in [1.54, 1.807) is 0 Å². The quantitative estimate of drug-likeness (QED) is 0.0201. The van der Waals surface area contributed by atoms with Crippen LogP contribution in [-0.4, -0.2) is 70.7 Å². The van der Waals surface area contributed by atoms with E-state index in [1.807, 2.05) is 21.1 Å². The highest BCUT2D eigenvalue weighted by molar-refractivity contribution is 7.45. The molecule has 0 aliphatic rings. The zero-order valence-corrected chi connectivity index (χ0v) is 36.4. The van der Waals surface area contributed by atoms with Crippen molar-refractivity contribution in [2.24, 2.45) is 0 Å². The third-order valence-corrected chi connectivity index (χ3v) is 10.5. The molecule has 0 aromatic heterocycles. The first-order chi connectivity index (χ1) is 25.6. The molecule has 314 valence electrons. The van der Waals surface area contributed by atoms with E-state index in [0.29, 0.717) is 24.1 Å². The summed E-state index contributed by atoms with van der Waals surface area (Å²) >= 11 is 0. The van der Waals surface area contributed by atoms with Gasteiger partial charge in [0.1, 0.15) is 19.3 Å². The molecule has 0 saturated carbocycles. The molecule has 0 amide bonds. The molecule has 0 aromatic carbocycles. The summed E-state index contributed by atoms with van der Waals surface area (Å²) in [4.78, 5) is 25.0. The van der Waals surface area contributed by atoms with Gasteiger partial charge in [0, 0.05) is 13.0 Å². The third kappa shape index (κ3) is 42.0. The lowest BCUT2D eigenvalue weighted by Gasteiger charge is -2.28. The van der Waals surface area contributed by atoms with Gasteiger partial charge >= 0.3 is 5.97 Å². The number of ether oxygens (including phenoxy) is 2. The number of nitrogens with zero attached hydrogens (tertiary/aromatic N) is 1. The van der Waals surface area contributed by atoms with Crippen LogP contribution in [-0.2, 0) is 27.9 Å². The van der Waals surface area contributed by atoms with E-state index in [0.717, 1.165) is 44.9 Å². The summed E-state index contributed by atoms with van der Waals surface area (Å²) in [6.45, 7) is 5.40. The summed E-state index contributed by atoms with van der Waals surface area (Å²) < 4.78 is 34.6. The zero-order valence-electron chi connectivity index (χ0n) is 35.5. The number of phosphoric ester groups is 1. The van der Waals surface area contributed by atoms with Crippen LogP contribution >= 0.6 is 7.82 Å². The molecular formula is C44H86NO7P. The van der Waals surface area contributed by atoms with Crippen molar-refractivity contribution >= 4 is 13.8 Å². The molecule has 0 rings (SSSR count). The Bertz CT molecular complexity index is 905. The molecule has 0 fully saturated rings. The Kier molecular flexibility index (Phi) is 37.2. The topological polar surface area (TPSA) is 94.1 Å². The van der Waals surface area contributed by atoms with Crippen LogP contribution in [0, 0.1) is 0 Å². The van der Waals surface area contributed by atoms with Gasteiger partial charge in [-0.1, -0.05) is 167 Å². The highest BCUT2D eigenvalue weighted by Gasteiger charge is 2.20. The van der Waals surface area contributed by atoms with Gasteiger partial charge in [-0.2, -0.15) is 0 Å². The summed E-state index contributed by atoms with van der Waals surface area (Å²) in [5.41, 5.74) is 0. The van der Waals surface area contributed by atoms with E-state index in [2.05, 4.69) is 38.2 Å². The minimum Gasteiger partial charge on any atom is -0.756 e. The molecule has 2 atom stereocenters. The Labute approximate surface area is 328 Å². The number of esters is 1. The van der Waals surface area contributed by atoms with Gasteiger partial charge in [-0.25, -0.2) is 0 Å². The summed E-state index contributed by atoms with van der Waals surface area (Å²) in [6.07, 6.45) is 41.8. The van der Waals surface area contributed by atoms with Crippen LogP contribution in [0.25, 0.3) is 0 Å². The molecule has 8 nitrogen and oxygen atoms in total. The first-order valence-corrected chi connectivity index (χ1v) is 23.5. The fraction of sp³-hybridized carbons (Fsp3) is 0.886. The first kappa shape index (κ1) is 52.0. The van der Waals surface area contributed by atoms with Crippen molar-refractivity contribution in [3.8, 4) is 0 Å². The Morgan fingerprint density at radius 2 is 1.04 bits per heavy atom. The molecule has 0 spiro atoms. The molecule has 0 bridgehead atoms. The van der Waals surface area contributed by atoms with E-state index >= 15 is 0 Å². The Morgan fingerprint density at radius 3 is 1.57 bits per heavy atom. The normalized spacial score (nSPS) is 14.0. The molecule has 53 heavy (non-hydrogen) atoms. The fourth-order valence-electron chi connectivity index (χ4n) is 6.05. The number of phosphoric acid groups is 1. The van der Waals surface area contributed by atoms with Gasteiger partial charge in [0.2, 0.25) is 0 Å². The van der Waals surface area contributed by atoms with Gasteiger partial charge < -0.3 is 27.9 Å². The number of carbonyl (C=O) groups is 1. The number of unbranched alkanes of at least 4 members (excludes halogenated alkanes) is 23. The standard InChI is InChI=1S/C44H86NO7P/c1-6-8-10-12-14-16-18-20-22-23-24-25-27-29-31-33-35-37-44(46)52-43(42-51-53(47,48)50-40-38-45(3,4)5)41-49-39-36-34-32-30-28-26-21-19-17-15-13-11-9-7-2/h14,16,20,22,43H,6-13,15,17-19,21,23-42H2,1-5H3/b16-14-,22-20-. The number of rotatable bonds is 41. The van der Waals surface area contributed by atoms with Gasteiger partial charge in [0.25, 0.3) is 7.82 Å². The van der Waals surface area contributed by atoms with E-state index in [1.165, 1.54) is 128 Å². The second-order valence-electron chi connectivity index (χ2n) is 16.1. The van der Waals surface area contributed by atoms with Crippen molar-refractivity contribution < 1.29 is 37.3 Å². The molecule has 0 aliphatic heterocycles. The Balaban J connectivity index is 4.23. The number of carbonyl (C=O) groups excluding carboxylic acids is 1. The largest absolute Gasteiger partial charge is 0.756 e. The summed E-state index contributed by atoms with van der Waals surface area (Å²) in [5, 5.41) is 0. The van der Waals surface area contributed by atoms with E-state index in [4.69, 9.17) is 18.5 Å². The van der Waals surface area contributed by atoms with Gasteiger partial charge in [-0.3, -0.25) is 9.36 Å². The predicted octanol–water partition coefficient (Wildman–Crippen LogP) is 12.2. The molecule has 0 radical (unpaired) electrons. The number of quaternary nitrogens is 1. The summed E-state index contributed by atoms with van der Waals surface area (Å²) in [7, 11) is 1.36. The van der Waals surface area contributed by atoms with Crippen LogP contribution in [0.2, 0.25) is 0 Å². The van der Waals surface area contributed by atoms with Crippen molar-refractivity contribution in [3.63, 3.8) is 0 Å².